The predicted molar refractivity (Wildman–Crippen MR) is 141 cm³/mol. The Balaban J connectivity index is 1.86. The lowest BCUT2D eigenvalue weighted by atomic mass is 9.86. The molecule has 2 aromatic heterocycles. The van der Waals surface area contributed by atoms with Crippen molar-refractivity contribution in [2.45, 2.75) is 59.2 Å². The van der Waals surface area contributed by atoms with Crippen LogP contribution < -0.4 is 4.74 Å². The Morgan fingerprint density at radius 3 is 2.78 bits per heavy atom. The lowest BCUT2D eigenvalue weighted by Gasteiger charge is -2.32. The first-order valence-electron chi connectivity index (χ1n) is 12.5. The van der Waals surface area contributed by atoms with E-state index < -0.39 is 11.7 Å². The normalized spacial score (nSPS) is 14.0. The minimum Gasteiger partial charge on any atom is -0.493 e. The summed E-state index contributed by atoms with van der Waals surface area (Å²) < 4.78 is 17.9. The van der Waals surface area contributed by atoms with Gasteiger partial charge in [-0.25, -0.2) is 0 Å². The summed E-state index contributed by atoms with van der Waals surface area (Å²) in [4.78, 5) is 20.9. The van der Waals surface area contributed by atoms with E-state index in [4.69, 9.17) is 24.2 Å². The summed E-state index contributed by atoms with van der Waals surface area (Å²) >= 11 is 0. The highest BCUT2D eigenvalue weighted by Crippen LogP contribution is 2.45. The first-order valence-corrected chi connectivity index (χ1v) is 12.5. The van der Waals surface area contributed by atoms with Gasteiger partial charge >= 0.3 is 0 Å². The number of carbonyl (C=O) groups is 1. The molecular weight excluding hydrogens is 452 g/mol. The number of nitrogens with zero attached hydrogens (tertiary/aromatic N) is 2. The molecule has 36 heavy (non-hydrogen) atoms. The molecule has 3 heterocycles. The molecule has 5 rings (SSSR count). The summed E-state index contributed by atoms with van der Waals surface area (Å²) in [5.74, 6) is 0.861. The topological polar surface area (TPSA) is 70.5 Å². The second-order valence-electron chi connectivity index (χ2n) is 10.1. The Morgan fingerprint density at radius 2 is 2.00 bits per heavy atom. The summed E-state index contributed by atoms with van der Waals surface area (Å²) in [6, 6.07) is 12.4. The molecule has 1 aliphatic heterocycles. The fourth-order valence-electron chi connectivity index (χ4n) is 5.10. The third-order valence-electron chi connectivity index (χ3n) is 7.17. The summed E-state index contributed by atoms with van der Waals surface area (Å²) in [5.41, 5.74) is 7.58. The van der Waals surface area contributed by atoms with Crippen molar-refractivity contribution in [2.24, 2.45) is 0 Å². The van der Waals surface area contributed by atoms with Crippen LogP contribution in [0.2, 0.25) is 0 Å². The smallest absolute Gasteiger partial charge is 0.293 e. The fourth-order valence-corrected chi connectivity index (χ4v) is 5.10. The Labute approximate surface area is 211 Å². The molecule has 0 fully saturated rings. The highest BCUT2D eigenvalue weighted by atomic mass is 16.6. The van der Waals surface area contributed by atoms with E-state index >= 15 is 0 Å². The molecule has 4 aromatic rings. The number of aryl methyl sites for hydroxylation is 2. The average Bonchev–Trinajstić information content (AvgIpc) is 2.86. The molecule has 0 amide bonds. The van der Waals surface area contributed by atoms with Gasteiger partial charge in [-0.05, 0) is 86.7 Å². The van der Waals surface area contributed by atoms with Crippen LogP contribution in [0.25, 0.3) is 32.9 Å². The number of aromatic nitrogens is 2. The first-order chi connectivity index (χ1) is 17.3. The standard InChI is InChI=1S/C30H32N2O4/c1-6-30(4,5)36-25(16-34-17-33)26-18(2)15-23-21(8-7-19(3)32-23)28(26)22-9-10-24-27-20(12-14-35-24)11-13-31-29(22)27/h7-11,13,15,17,25H,6,12,14,16H2,1-5H3. The highest BCUT2D eigenvalue weighted by Gasteiger charge is 2.30. The van der Waals surface area contributed by atoms with Gasteiger partial charge < -0.3 is 14.2 Å². The van der Waals surface area contributed by atoms with Crippen molar-refractivity contribution < 1.29 is 19.0 Å². The maximum absolute atomic E-state index is 11.2. The molecule has 0 bridgehead atoms. The van der Waals surface area contributed by atoms with E-state index in [9.17, 15) is 4.79 Å². The molecule has 2 aromatic carbocycles. The zero-order valence-corrected chi connectivity index (χ0v) is 21.6. The zero-order valence-electron chi connectivity index (χ0n) is 21.6. The second-order valence-corrected chi connectivity index (χ2v) is 10.1. The lowest BCUT2D eigenvalue weighted by Crippen LogP contribution is -2.28. The fraction of sp³-hybridized carbons (Fsp3) is 0.367. The van der Waals surface area contributed by atoms with Crippen LogP contribution in [-0.4, -0.2) is 35.3 Å². The third-order valence-corrected chi connectivity index (χ3v) is 7.17. The molecule has 0 N–H and O–H groups in total. The maximum atomic E-state index is 11.2. The van der Waals surface area contributed by atoms with Crippen molar-refractivity contribution in [2.75, 3.05) is 13.2 Å². The van der Waals surface area contributed by atoms with Crippen LogP contribution in [0.1, 0.15) is 55.7 Å². The van der Waals surface area contributed by atoms with Crippen LogP contribution in [0.4, 0.5) is 0 Å². The number of rotatable bonds is 8. The Morgan fingerprint density at radius 1 is 1.17 bits per heavy atom. The van der Waals surface area contributed by atoms with Crippen molar-refractivity contribution in [3.8, 4) is 16.9 Å². The van der Waals surface area contributed by atoms with Gasteiger partial charge in [-0.2, -0.15) is 0 Å². The van der Waals surface area contributed by atoms with Crippen molar-refractivity contribution in [3.05, 3.63) is 65.0 Å². The molecule has 0 saturated heterocycles. The number of pyridine rings is 2. The van der Waals surface area contributed by atoms with Crippen LogP contribution >= 0.6 is 0 Å². The van der Waals surface area contributed by atoms with Crippen molar-refractivity contribution in [1.29, 1.82) is 0 Å². The average molecular weight is 485 g/mol. The first kappa shape index (κ1) is 24.2. The van der Waals surface area contributed by atoms with Gasteiger partial charge in [-0.15, -0.1) is 0 Å². The van der Waals surface area contributed by atoms with Gasteiger partial charge in [0.05, 0.1) is 23.2 Å². The van der Waals surface area contributed by atoms with E-state index in [0.29, 0.717) is 13.1 Å². The summed E-state index contributed by atoms with van der Waals surface area (Å²) in [6.07, 6.45) is 3.07. The monoisotopic (exact) mass is 484 g/mol. The minimum atomic E-state index is -0.465. The van der Waals surface area contributed by atoms with E-state index in [0.717, 1.165) is 68.3 Å². The van der Waals surface area contributed by atoms with Crippen LogP contribution in [-0.2, 0) is 20.7 Å². The number of ether oxygens (including phenoxy) is 3. The van der Waals surface area contributed by atoms with Gasteiger partial charge in [-0.3, -0.25) is 14.8 Å². The molecule has 6 heteroatoms. The van der Waals surface area contributed by atoms with Gasteiger partial charge in [0.1, 0.15) is 18.5 Å². The summed E-state index contributed by atoms with van der Waals surface area (Å²) in [7, 11) is 0. The van der Waals surface area contributed by atoms with Crippen LogP contribution in [0.3, 0.4) is 0 Å². The zero-order chi connectivity index (χ0) is 25.4. The van der Waals surface area contributed by atoms with Gasteiger partial charge in [0, 0.05) is 34.6 Å². The number of carbonyl (C=O) groups excluding carboxylic acids is 1. The molecule has 0 saturated carbocycles. The molecule has 0 radical (unpaired) electrons. The Kier molecular flexibility index (Phi) is 6.39. The second kappa shape index (κ2) is 9.51. The van der Waals surface area contributed by atoms with E-state index in [1.54, 1.807) is 0 Å². The Hall–Kier alpha value is -3.51. The molecule has 1 aliphatic rings. The molecule has 186 valence electrons. The molecule has 6 nitrogen and oxygen atoms in total. The maximum Gasteiger partial charge on any atom is 0.293 e. The van der Waals surface area contributed by atoms with Crippen molar-refractivity contribution >= 4 is 28.3 Å². The number of fused-ring (bicyclic) bond motifs is 1. The van der Waals surface area contributed by atoms with E-state index in [1.165, 1.54) is 5.56 Å². The predicted octanol–water partition coefficient (Wildman–Crippen LogP) is 6.42. The van der Waals surface area contributed by atoms with Crippen molar-refractivity contribution in [3.63, 3.8) is 0 Å². The highest BCUT2D eigenvalue weighted by molar-refractivity contribution is 6.07. The van der Waals surface area contributed by atoms with Gasteiger partial charge in [0.25, 0.3) is 6.47 Å². The largest absolute Gasteiger partial charge is 0.493 e. The molecule has 0 aliphatic carbocycles. The van der Waals surface area contributed by atoms with Crippen molar-refractivity contribution in [1.82, 2.24) is 9.97 Å². The molecule has 1 atom stereocenters. The third kappa shape index (κ3) is 4.30. The van der Waals surface area contributed by atoms with E-state index in [-0.39, 0.29) is 6.61 Å². The van der Waals surface area contributed by atoms with Crippen LogP contribution in [0.5, 0.6) is 5.75 Å². The molecular formula is C30H32N2O4. The lowest BCUT2D eigenvalue weighted by molar-refractivity contribution is -0.140. The number of benzene rings is 2. The van der Waals surface area contributed by atoms with E-state index in [1.807, 2.05) is 25.3 Å². The molecule has 0 spiro atoms. The van der Waals surface area contributed by atoms with Gasteiger partial charge in [0.2, 0.25) is 0 Å². The SMILES string of the molecule is CCC(C)(C)OC(COC=O)c1c(C)cc2nc(C)ccc2c1-c1ccc2c3c(ccnc13)CCO2. The van der Waals surface area contributed by atoms with Gasteiger partial charge in [0.15, 0.2) is 0 Å². The molecule has 1 unspecified atom stereocenters. The van der Waals surface area contributed by atoms with Crippen LogP contribution in [0, 0.1) is 13.8 Å². The van der Waals surface area contributed by atoms with Crippen LogP contribution in [0.15, 0.2) is 42.6 Å². The summed E-state index contributed by atoms with van der Waals surface area (Å²) in [6.45, 7) is 11.5. The quantitative estimate of drug-likeness (QED) is 0.269. The summed E-state index contributed by atoms with van der Waals surface area (Å²) in [5, 5.41) is 2.06. The number of hydrogen-bond acceptors (Lipinski definition) is 6. The Bertz CT molecular complexity index is 1450. The van der Waals surface area contributed by atoms with E-state index in [2.05, 4.69) is 52.0 Å². The minimum absolute atomic E-state index is 0.114. The number of hydrogen-bond donors (Lipinski definition) is 0. The van der Waals surface area contributed by atoms with Gasteiger partial charge in [-0.1, -0.05) is 13.0 Å².